The number of carbonyl (C=O) groups is 1. The van der Waals surface area contributed by atoms with Gasteiger partial charge < -0.3 is 19.7 Å². The van der Waals surface area contributed by atoms with Crippen LogP contribution in [0.25, 0.3) is 11.0 Å². The number of aryl methyl sites for hydroxylation is 1. The molecular weight excluding hydrogens is 491 g/mol. The van der Waals surface area contributed by atoms with Crippen molar-refractivity contribution in [2.24, 2.45) is 7.05 Å². The molecule has 0 unspecified atom stereocenters. The van der Waals surface area contributed by atoms with Gasteiger partial charge in [0.25, 0.3) is 5.91 Å². The van der Waals surface area contributed by atoms with Crippen LogP contribution < -0.4 is 10.8 Å². The lowest BCUT2D eigenvalue weighted by Crippen LogP contribution is -2.37. The minimum absolute atomic E-state index is 0.0245. The Morgan fingerprint density at radius 3 is 2.87 bits per heavy atom. The molecule has 0 aliphatic carbocycles. The van der Waals surface area contributed by atoms with Crippen molar-refractivity contribution in [1.29, 1.82) is 0 Å². The van der Waals surface area contributed by atoms with Crippen molar-refractivity contribution in [2.45, 2.75) is 6.82 Å². The first-order valence-corrected chi connectivity index (χ1v) is 10.5. The van der Waals surface area contributed by atoms with Crippen molar-refractivity contribution in [2.75, 3.05) is 25.5 Å². The molecule has 2 aromatic carbocycles. The summed E-state index contributed by atoms with van der Waals surface area (Å²) in [6.45, 7) is 2.13. The molecule has 0 spiro atoms. The number of likely N-dealkylation sites (N-methyl/N-ethyl adjacent to an activating group) is 1. The van der Waals surface area contributed by atoms with Crippen molar-refractivity contribution in [3.63, 3.8) is 0 Å². The Kier molecular flexibility index (Phi) is 7.55. The van der Waals surface area contributed by atoms with Gasteiger partial charge in [-0.15, -0.1) is 0 Å². The van der Waals surface area contributed by atoms with E-state index in [2.05, 4.69) is 31.7 Å². The fourth-order valence-corrected chi connectivity index (χ4v) is 3.52. The van der Waals surface area contributed by atoms with Gasteiger partial charge in [0.2, 0.25) is 0 Å². The number of nitrogens with one attached hydrogen (secondary N) is 2. The van der Waals surface area contributed by atoms with E-state index in [0.29, 0.717) is 22.8 Å². The van der Waals surface area contributed by atoms with Gasteiger partial charge >= 0.3 is 7.05 Å². The predicted molar refractivity (Wildman–Crippen MR) is 123 cm³/mol. The number of rotatable bonds is 8. The van der Waals surface area contributed by atoms with Crippen LogP contribution in [0, 0.1) is 5.82 Å². The second-order valence-corrected chi connectivity index (χ2v) is 8.30. The van der Waals surface area contributed by atoms with Gasteiger partial charge in [-0.25, -0.2) is 14.9 Å². The maximum absolute atomic E-state index is 15.3. The van der Waals surface area contributed by atoms with Crippen LogP contribution in [0.3, 0.4) is 0 Å². The summed E-state index contributed by atoms with van der Waals surface area (Å²) in [5.41, 5.74) is 3.27. The number of hydrogen-bond donors (Lipinski definition) is 3. The lowest BCUT2D eigenvalue weighted by molar-refractivity contribution is 0.0284. The molecule has 0 aliphatic heterocycles. The Labute approximate surface area is 192 Å². The number of amides is 1. The molecule has 0 saturated heterocycles. The zero-order valence-corrected chi connectivity index (χ0v) is 19.5. The van der Waals surface area contributed by atoms with E-state index in [1.54, 1.807) is 48.5 Å². The number of carbonyl (C=O) groups excluding carboxylic acids is 1. The maximum atomic E-state index is 15.3. The molecule has 0 atom stereocenters. The molecule has 0 bridgehead atoms. The lowest BCUT2D eigenvalue weighted by Gasteiger charge is -2.17. The third-order valence-corrected chi connectivity index (χ3v) is 5.55. The number of imidazole rings is 1. The number of halogens is 3. The first-order chi connectivity index (χ1) is 14.7. The first-order valence-electron chi connectivity index (χ1n) is 9.35. The average Bonchev–Trinajstić information content (AvgIpc) is 3.09. The van der Waals surface area contributed by atoms with Gasteiger partial charge in [-0.05, 0) is 38.1 Å². The van der Waals surface area contributed by atoms with Crippen LogP contribution >= 0.6 is 27.5 Å². The molecule has 0 saturated carbocycles. The van der Waals surface area contributed by atoms with E-state index in [1.165, 1.54) is 12.4 Å². The van der Waals surface area contributed by atoms with Crippen LogP contribution in [0.15, 0.2) is 35.1 Å². The van der Waals surface area contributed by atoms with E-state index in [1.807, 2.05) is 0 Å². The summed E-state index contributed by atoms with van der Waals surface area (Å²) in [5.74, 6) is -1.33. The Morgan fingerprint density at radius 2 is 2.19 bits per heavy atom. The SMILES string of the molecule is CB(O)N(C)CCONC(=O)c1cc2c(ncn2C)c(F)c1Nc1ccc(Br)cc1Cl. The normalized spacial score (nSPS) is 11.2. The number of nitrogens with zero attached hydrogens (tertiary/aromatic N) is 3. The Bertz CT molecular complexity index is 1110. The molecule has 164 valence electrons. The van der Waals surface area contributed by atoms with E-state index >= 15 is 4.39 Å². The monoisotopic (exact) mass is 511 g/mol. The van der Waals surface area contributed by atoms with Crippen LogP contribution in [0.4, 0.5) is 15.8 Å². The zero-order valence-electron chi connectivity index (χ0n) is 17.1. The summed E-state index contributed by atoms with van der Waals surface area (Å²) in [5, 5.41) is 12.7. The van der Waals surface area contributed by atoms with E-state index < -0.39 is 18.8 Å². The second-order valence-electron chi connectivity index (χ2n) is 6.98. The molecule has 3 rings (SSSR count). The molecular formula is C19H21BBrClFN5O3. The van der Waals surface area contributed by atoms with Gasteiger partial charge in [0.15, 0.2) is 5.82 Å². The average molecular weight is 513 g/mol. The first kappa shape index (κ1) is 23.5. The summed E-state index contributed by atoms with van der Waals surface area (Å²) in [7, 11) is 2.77. The number of benzene rings is 2. The quantitative estimate of drug-likeness (QED) is 0.243. The fourth-order valence-electron chi connectivity index (χ4n) is 2.80. The van der Waals surface area contributed by atoms with E-state index in [4.69, 9.17) is 16.4 Å². The lowest BCUT2D eigenvalue weighted by atomic mass is 9.86. The highest BCUT2D eigenvalue weighted by molar-refractivity contribution is 9.10. The molecule has 0 aliphatic rings. The molecule has 3 aromatic rings. The van der Waals surface area contributed by atoms with Crippen molar-refractivity contribution < 1.29 is 19.0 Å². The fraction of sp³-hybridized carbons (Fsp3) is 0.263. The Morgan fingerprint density at radius 1 is 1.45 bits per heavy atom. The minimum atomic E-state index is -0.684. The topological polar surface area (TPSA) is 91.7 Å². The molecule has 1 heterocycles. The summed E-state index contributed by atoms with van der Waals surface area (Å²) in [6.07, 6.45) is 1.47. The summed E-state index contributed by atoms with van der Waals surface area (Å²) >= 11 is 9.58. The standard InChI is InChI=1S/C19H21BBrClFN5O3/c1-20(30)28(3)6-7-31-26-19(29)12-9-15-18(24-10-27(15)2)16(23)17(12)25-14-5-4-11(21)8-13(14)22/h4-5,8-10,25,30H,6-7H2,1-3H3,(H,26,29). The van der Waals surface area contributed by atoms with Gasteiger partial charge in [0, 0.05) is 18.1 Å². The molecule has 12 heteroatoms. The van der Waals surface area contributed by atoms with Crippen molar-refractivity contribution in [3.05, 3.63) is 51.5 Å². The highest BCUT2D eigenvalue weighted by Gasteiger charge is 2.22. The Balaban J connectivity index is 1.90. The van der Waals surface area contributed by atoms with Crippen LogP contribution in [-0.2, 0) is 11.9 Å². The molecule has 31 heavy (non-hydrogen) atoms. The third-order valence-electron chi connectivity index (χ3n) is 4.74. The molecule has 0 radical (unpaired) electrons. The molecule has 8 nitrogen and oxygen atoms in total. The molecule has 0 fully saturated rings. The van der Waals surface area contributed by atoms with E-state index in [0.717, 1.165) is 4.47 Å². The molecule has 1 aromatic heterocycles. The van der Waals surface area contributed by atoms with Gasteiger partial charge in [-0.3, -0.25) is 9.63 Å². The maximum Gasteiger partial charge on any atom is 0.376 e. The van der Waals surface area contributed by atoms with Gasteiger partial charge in [0.1, 0.15) is 5.52 Å². The highest BCUT2D eigenvalue weighted by Crippen LogP contribution is 2.34. The highest BCUT2D eigenvalue weighted by atomic mass is 79.9. The van der Waals surface area contributed by atoms with Crippen LogP contribution in [0.1, 0.15) is 10.4 Å². The van der Waals surface area contributed by atoms with Crippen molar-refractivity contribution in [3.8, 4) is 0 Å². The van der Waals surface area contributed by atoms with Gasteiger partial charge in [-0.2, -0.15) is 0 Å². The van der Waals surface area contributed by atoms with Crippen molar-refractivity contribution >= 4 is 62.9 Å². The minimum Gasteiger partial charge on any atom is -0.437 e. The smallest absolute Gasteiger partial charge is 0.376 e. The van der Waals surface area contributed by atoms with Crippen LogP contribution in [0.5, 0.6) is 0 Å². The summed E-state index contributed by atoms with van der Waals surface area (Å²) in [6, 6.07) is 6.59. The predicted octanol–water partition coefficient (Wildman–Crippen LogP) is 3.58. The zero-order chi connectivity index (χ0) is 22.7. The number of hydrogen-bond acceptors (Lipinski definition) is 6. The van der Waals surface area contributed by atoms with Gasteiger partial charge in [-0.1, -0.05) is 27.5 Å². The summed E-state index contributed by atoms with van der Waals surface area (Å²) < 4.78 is 17.7. The van der Waals surface area contributed by atoms with Crippen LogP contribution in [0.2, 0.25) is 11.8 Å². The van der Waals surface area contributed by atoms with Gasteiger partial charge in [0.05, 0.1) is 40.4 Å². The number of hydroxylamine groups is 1. The largest absolute Gasteiger partial charge is 0.437 e. The van der Waals surface area contributed by atoms with Crippen LogP contribution in [-0.4, -0.2) is 52.5 Å². The van der Waals surface area contributed by atoms with E-state index in [9.17, 15) is 9.82 Å². The number of fused-ring (bicyclic) bond motifs is 1. The number of anilines is 2. The second kappa shape index (κ2) is 9.96. The molecule has 3 N–H and O–H groups in total. The number of aromatic nitrogens is 2. The summed E-state index contributed by atoms with van der Waals surface area (Å²) in [4.78, 5) is 23.8. The van der Waals surface area contributed by atoms with E-state index in [-0.39, 0.29) is 23.4 Å². The Hall–Kier alpha value is -2.18. The van der Waals surface area contributed by atoms with Crippen molar-refractivity contribution in [1.82, 2.24) is 19.8 Å². The third kappa shape index (κ3) is 5.36. The molecule has 1 amide bonds.